The normalized spacial score (nSPS) is 12.4. The standard InChI is InChI=1S/C20H18FN5O2/c1-3-12-4-6-13(7-5-12)11(2)22-19(27)17-18-20(28)23-15-10-14(21)8-9-16(15)26(18)25-24-17/h4-11H,3H2,1-2H3,(H,22,27)(H,23,28)/t11-/m1/s1. The third kappa shape index (κ3) is 3.02. The van der Waals surface area contributed by atoms with E-state index >= 15 is 0 Å². The predicted molar refractivity (Wildman–Crippen MR) is 103 cm³/mol. The van der Waals surface area contributed by atoms with Gasteiger partial charge in [-0.15, -0.1) is 5.10 Å². The van der Waals surface area contributed by atoms with Gasteiger partial charge in [0.15, 0.2) is 11.2 Å². The molecule has 4 rings (SSSR count). The van der Waals surface area contributed by atoms with Crippen molar-refractivity contribution >= 4 is 22.5 Å². The maximum absolute atomic E-state index is 13.4. The second-order valence-corrected chi connectivity index (χ2v) is 6.60. The monoisotopic (exact) mass is 379 g/mol. The second kappa shape index (κ2) is 6.88. The Kier molecular flexibility index (Phi) is 4.38. The maximum atomic E-state index is 13.4. The van der Waals surface area contributed by atoms with Crippen LogP contribution in [-0.2, 0) is 6.42 Å². The molecule has 0 saturated heterocycles. The molecule has 0 radical (unpaired) electrons. The van der Waals surface area contributed by atoms with Crippen molar-refractivity contribution in [1.82, 2.24) is 25.1 Å². The average molecular weight is 379 g/mol. The van der Waals surface area contributed by atoms with Gasteiger partial charge < -0.3 is 10.3 Å². The Morgan fingerprint density at radius 1 is 1.25 bits per heavy atom. The third-order valence-corrected chi connectivity index (χ3v) is 4.77. The highest BCUT2D eigenvalue weighted by Gasteiger charge is 2.21. The van der Waals surface area contributed by atoms with Crippen molar-refractivity contribution in [3.63, 3.8) is 0 Å². The number of aromatic nitrogens is 4. The Bertz CT molecular complexity index is 1240. The van der Waals surface area contributed by atoms with Crippen LogP contribution in [0, 0.1) is 5.82 Å². The van der Waals surface area contributed by atoms with Crippen molar-refractivity contribution in [2.75, 3.05) is 0 Å². The predicted octanol–water partition coefficient (Wildman–Crippen LogP) is 2.76. The van der Waals surface area contributed by atoms with Crippen LogP contribution in [0.3, 0.4) is 0 Å². The average Bonchev–Trinajstić information content (AvgIpc) is 3.14. The first-order chi connectivity index (χ1) is 13.5. The van der Waals surface area contributed by atoms with E-state index in [-0.39, 0.29) is 22.8 Å². The SMILES string of the molecule is CCc1ccc([C@@H](C)NC(=O)c2nnn3c2c(=O)[nH]c2cc(F)ccc23)cc1. The number of carbonyl (C=O) groups excluding carboxylic acids is 1. The summed E-state index contributed by atoms with van der Waals surface area (Å²) in [5, 5.41) is 10.7. The highest BCUT2D eigenvalue weighted by Crippen LogP contribution is 2.17. The molecular weight excluding hydrogens is 361 g/mol. The molecule has 2 heterocycles. The van der Waals surface area contributed by atoms with Gasteiger partial charge >= 0.3 is 0 Å². The van der Waals surface area contributed by atoms with Crippen LogP contribution < -0.4 is 10.9 Å². The lowest BCUT2D eigenvalue weighted by atomic mass is 10.0. The molecule has 1 atom stereocenters. The minimum absolute atomic E-state index is 0.0186. The summed E-state index contributed by atoms with van der Waals surface area (Å²) in [5.74, 6) is -0.988. The molecule has 7 nitrogen and oxygen atoms in total. The molecule has 142 valence electrons. The Morgan fingerprint density at radius 2 is 2.00 bits per heavy atom. The quantitative estimate of drug-likeness (QED) is 0.570. The van der Waals surface area contributed by atoms with Crippen LogP contribution in [0.4, 0.5) is 4.39 Å². The molecule has 28 heavy (non-hydrogen) atoms. The highest BCUT2D eigenvalue weighted by atomic mass is 19.1. The van der Waals surface area contributed by atoms with Gasteiger partial charge in [0.2, 0.25) is 0 Å². The minimum Gasteiger partial charge on any atom is -0.344 e. The first kappa shape index (κ1) is 17.8. The molecule has 0 aliphatic heterocycles. The number of carbonyl (C=O) groups is 1. The van der Waals surface area contributed by atoms with E-state index in [1.807, 2.05) is 31.2 Å². The number of rotatable bonds is 4. The summed E-state index contributed by atoms with van der Waals surface area (Å²) in [7, 11) is 0. The van der Waals surface area contributed by atoms with Crippen molar-refractivity contribution < 1.29 is 9.18 Å². The molecular formula is C20H18FN5O2. The van der Waals surface area contributed by atoms with Crippen LogP contribution in [0.25, 0.3) is 16.6 Å². The molecule has 4 aromatic rings. The molecule has 0 spiro atoms. The summed E-state index contributed by atoms with van der Waals surface area (Å²) < 4.78 is 14.7. The van der Waals surface area contributed by atoms with Gasteiger partial charge in [-0.25, -0.2) is 8.91 Å². The molecule has 0 bridgehead atoms. The van der Waals surface area contributed by atoms with E-state index in [2.05, 4.69) is 27.5 Å². The highest BCUT2D eigenvalue weighted by molar-refractivity contribution is 5.99. The number of aryl methyl sites for hydroxylation is 1. The molecule has 8 heteroatoms. The topological polar surface area (TPSA) is 92.2 Å². The van der Waals surface area contributed by atoms with Crippen LogP contribution in [0.1, 0.15) is 41.5 Å². The number of fused-ring (bicyclic) bond motifs is 3. The van der Waals surface area contributed by atoms with Gasteiger partial charge in [-0.1, -0.05) is 36.4 Å². The van der Waals surface area contributed by atoms with Crippen molar-refractivity contribution in [3.05, 3.63) is 75.5 Å². The minimum atomic E-state index is -0.562. The number of hydrogen-bond donors (Lipinski definition) is 2. The lowest BCUT2D eigenvalue weighted by molar-refractivity contribution is 0.0936. The number of H-pyrrole nitrogens is 1. The van der Waals surface area contributed by atoms with E-state index in [0.717, 1.165) is 12.0 Å². The zero-order valence-electron chi connectivity index (χ0n) is 15.4. The summed E-state index contributed by atoms with van der Waals surface area (Å²) in [6, 6.07) is 11.6. The van der Waals surface area contributed by atoms with Crippen molar-refractivity contribution in [3.8, 4) is 0 Å². The van der Waals surface area contributed by atoms with E-state index in [4.69, 9.17) is 0 Å². The number of amides is 1. The molecule has 0 unspecified atom stereocenters. The molecule has 0 aliphatic rings. The third-order valence-electron chi connectivity index (χ3n) is 4.77. The molecule has 0 saturated carbocycles. The van der Waals surface area contributed by atoms with Crippen LogP contribution in [0.5, 0.6) is 0 Å². The summed E-state index contributed by atoms with van der Waals surface area (Å²) >= 11 is 0. The van der Waals surface area contributed by atoms with Crippen LogP contribution in [-0.4, -0.2) is 25.7 Å². The fraction of sp³-hybridized carbons (Fsp3) is 0.200. The van der Waals surface area contributed by atoms with Gasteiger partial charge in [-0.3, -0.25) is 9.59 Å². The fourth-order valence-corrected chi connectivity index (χ4v) is 3.17. The fourth-order valence-electron chi connectivity index (χ4n) is 3.17. The van der Waals surface area contributed by atoms with Gasteiger partial charge in [0.1, 0.15) is 5.82 Å². The Balaban J connectivity index is 1.69. The zero-order valence-corrected chi connectivity index (χ0v) is 15.4. The first-order valence-electron chi connectivity index (χ1n) is 8.94. The number of halogens is 1. The zero-order chi connectivity index (χ0) is 19.8. The maximum Gasteiger partial charge on any atom is 0.277 e. The first-order valence-corrected chi connectivity index (χ1v) is 8.94. The van der Waals surface area contributed by atoms with Gasteiger partial charge in [0, 0.05) is 0 Å². The van der Waals surface area contributed by atoms with E-state index in [1.165, 1.54) is 28.3 Å². The van der Waals surface area contributed by atoms with Crippen molar-refractivity contribution in [1.29, 1.82) is 0 Å². The summed E-state index contributed by atoms with van der Waals surface area (Å²) in [5.41, 5.74) is 2.26. The van der Waals surface area contributed by atoms with Gasteiger partial charge in [-0.2, -0.15) is 0 Å². The number of nitrogens with zero attached hydrogens (tertiary/aromatic N) is 3. The van der Waals surface area contributed by atoms with Gasteiger partial charge in [0.05, 0.1) is 17.1 Å². The summed E-state index contributed by atoms with van der Waals surface area (Å²) in [6.45, 7) is 3.93. The molecule has 0 fully saturated rings. The Labute approximate surface area is 159 Å². The van der Waals surface area contributed by atoms with Crippen LogP contribution in [0.2, 0.25) is 0 Å². The Morgan fingerprint density at radius 3 is 2.71 bits per heavy atom. The van der Waals surface area contributed by atoms with E-state index < -0.39 is 17.3 Å². The van der Waals surface area contributed by atoms with Crippen LogP contribution >= 0.6 is 0 Å². The largest absolute Gasteiger partial charge is 0.344 e. The summed E-state index contributed by atoms with van der Waals surface area (Å²) in [6.07, 6.45) is 0.938. The van der Waals surface area contributed by atoms with Gasteiger partial charge in [0.25, 0.3) is 11.5 Å². The van der Waals surface area contributed by atoms with E-state index in [9.17, 15) is 14.0 Å². The molecule has 2 N–H and O–H groups in total. The lowest BCUT2D eigenvalue weighted by Gasteiger charge is -2.14. The number of hydrogen-bond acceptors (Lipinski definition) is 4. The Hall–Kier alpha value is -3.55. The molecule has 2 aromatic carbocycles. The number of benzene rings is 2. The van der Waals surface area contributed by atoms with Crippen molar-refractivity contribution in [2.45, 2.75) is 26.3 Å². The number of nitrogens with one attached hydrogen (secondary N) is 2. The molecule has 2 aromatic heterocycles. The van der Waals surface area contributed by atoms with Crippen LogP contribution in [0.15, 0.2) is 47.3 Å². The van der Waals surface area contributed by atoms with Crippen molar-refractivity contribution in [2.24, 2.45) is 0 Å². The van der Waals surface area contributed by atoms with E-state index in [1.54, 1.807) is 0 Å². The molecule has 1 amide bonds. The smallest absolute Gasteiger partial charge is 0.277 e. The summed E-state index contributed by atoms with van der Waals surface area (Å²) in [4.78, 5) is 27.8. The van der Waals surface area contributed by atoms with Gasteiger partial charge in [-0.05, 0) is 42.7 Å². The second-order valence-electron chi connectivity index (χ2n) is 6.60. The van der Waals surface area contributed by atoms with E-state index in [0.29, 0.717) is 5.52 Å². The molecule has 0 aliphatic carbocycles. The lowest BCUT2D eigenvalue weighted by Crippen LogP contribution is -2.28. The number of aromatic amines is 1.